The molecule has 1 aliphatic rings. The smallest absolute Gasteiger partial charge is 0.250 e. The Morgan fingerprint density at radius 3 is 2.81 bits per heavy atom. The van der Waals surface area contributed by atoms with E-state index in [0.29, 0.717) is 23.6 Å². The first-order valence-corrected chi connectivity index (χ1v) is 8.64. The van der Waals surface area contributed by atoms with Crippen LogP contribution in [0.3, 0.4) is 0 Å². The van der Waals surface area contributed by atoms with E-state index in [4.69, 9.17) is 4.74 Å². The highest BCUT2D eigenvalue weighted by Crippen LogP contribution is 2.28. The molecule has 1 saturated heterocycles. The normalized spacial score (nSPS) is 19.8. The first-order valence-electron chi connectivity index (χ1n) is 6.74. The van der Waals surface area contributed by atoms with Crippen molar-refractivity contribution in [2.75, 3.05) is 25.2 Å². The van der Waals surface area contributed by atoms with Gasteiger partial charge in [0.1, 0.15) is 6.23 Å². The number of hydrogen-bond donors (Lipinski definition) is 1. The van der Waals surface area contributed by atoms with Crippen molar-refractivity contribution in [3.8, 4) is 0 Å². The highest BCUT2D eigenvalue weighted by Gasteiger charge is 2.23. The Balaban J connectivity index is 2.18. The maximum Gasteiger partial charge on any atom is 0.250 e. The average Bonchev–Trinajstić information content (AvgIpc) is 2.90. The van der Waals surface area contributed by atoms with E-state index in [2.05, 4.69) is 20.3 Å². The summed E-state index contributed by atoms with van der Waals surface area (Å²) in [6.07, 6.45) is 5.52. The molecule has 0 saturated carbocycles. The Bertz CT molecular complexity index is 765. The Kier molecular flexibility index (Phi) is 3.54. The summed E-state index contributed by atoms with van der Waals surface area (Å²) in [5.41, 5.74) is 1.01. The van der Waals surface area contributed by atoms with Crippen LogP contribution in [0.25, 0.3) is 11.2 Å². The number of anilines is 1. The highest BCUT2D eigenvalue weighted by atomic mass is 32.2. The van der Waals surface area contributed by atoms with Crippen molar-refractivity contribution >= 4 is 26.8 Å². The number of imidazole rings is 1. The number of sulfone groups is 1. The van der Waals surface area contributed by atoms with Crippen LogP contribution in [0.2, 0.25) is 0 Å². The van der Waals surface area contributed by atoms with Gasteiger partial charge in [-0.1, -0.05) is 0 Å². The third kappa shape index (κ3) is 2.58. The van der Waals surface area contributed by atoms with E-state index in [9.17, 15) is 8.42 Å². The van der Waals surface area contributed by atoms with Gasteiger partial charge >= 0.3 is 0 Å². The van der Waals surface area contributed by atoms with Crippen LogP contribution in [-0.2, 0) is 14.6 Å². The second-order valence-corrected chi connectivity index (χ2v) is 6.93. The first-order chi connectivity index (χ1) is 10.0. The van der Waals surface area contributed by atoms with E-state index < -0.39 is 9.84 Å². The van der Waals surface area contributed by atoms with Gasteiger partial charge in [0.25, 0.3) is 5.16 Å². The van der Waals surface area contributed by atoms with Gasteiger partial charge in [0.15, 0.2) is 17.0 Å². The third-order valence-electron chi connectivity index (χ3n) is 3.44. The van der Waals surface area contributed by atoms with Crippen LogP contribution < -0.4 is 5.32 Å². The largest absolute Gasteiger partial charge is 0.371 e. The van der Waals surface area contributed by atoms with Crippen molar-refractivity contribution in [2.24, 2.45) is 0 Å². The number of ether oxygens (including phenoxy) is 1. The Morgan fingerprint density at radius 1 is 1.38 bits per heavy atom. The molecule has 1 N–H and O–H groups in total. The molecular formula is C12H17N5O3S. The minimum atomic E-state index is -3.50. The minimum Gasteiger partial charge on any atom is -0.371 e. The van der Waals surface area contributed by atoms with Crippen molar-refractivity contribution in [1.29, 1.82) is 0 Å². The lowest BCUT2D eigenvalue weighted by Gasteiger charge is -2.23. The molecule has 2 aromatic heterocycles. The average molecular weight is 311 g/mol. The van der Waals surface area contributed by atoms with E-state index in [0.717, 1.165) is 25.5 Å². The molecule has 114 valence electrons. The molecule has 2 aromatic rings. The van der Waals surface area contributed by atoms with Crippen LogP contribution in [0.5, 0.6) is 0 Å². The minimum absolute atomic E-state index is 0.157. The molecule has 0 bridgehead atoms. The molecule has 3 heterocycles. The molecule has 8 nitrogen and oxygen atoms in total. The topological polar surface area (TPSA) is 99.0 Å². The maximum atomic E-state index is 11.7. The SMILES string of the molecule is CNc1nc(S(C)(=O)=O)nc2c1ncn2C1CCCCO1. The van der Waals surface area contributed by atoms with Crippen LogP contribution in [-0.4, -0.2) is 47.8 Å². The lowest BCUT2D eigenvalue weighted by Crippen LogP contribution is -2.18. The fourth-order valence-corrected chi connectivity index (χ4v) is 2.90. The number of nitrogens with one attached hydrogen (secondary N) is 1. The van der Waals surface area contributed by atoms with E-state index in [1.807, 2.05) is 0 Å². The molecule has 1 atom stereocenters. The van der Waals surface area contributed by atoms with Crippen molar-refractivity contribution < 1.29 is 13.2 Å². The molecule has 0 aromatic carbocycles. The second kappa shape index (κ2) is 5.23. The lowest BCUT2D eigenvalue weighted by molar-refractivity contribution is -0.0298. The van der Waals surface area contributed by atoms with Gasteiger partial charge in [0.05, 0.1) is 6.33 Å². The first kappa shape index (κ1) is 14.2. The zero-order valence-electron chi connectivity index (χ0n) is 11.9. The molecule has 0 radical (unpaired) electrons. The molecular weight excluding hydrogens is 294 g/mol. The highest BCUT2D eigenvalue weighted by molar-refractivity contribution is 7.90. The van der Waals surface area contributed by atoms with Gasteiger partial charge in [-0.2, -0.15) is 9.97 Å². The Labute approximate surface area is 122 Å². The summed E-state index contributed by atoms with van der Waals surface area (Å²) < 4.78 is 31.0. The second-order valence-electron chi connectivity index (χ2n) is 5.02. The summed E-state index contributed by atoms with van der Waals surface area (Å²) in [5, 5.41) is 2.66. The van der Waals surface area contributed by atoms with Crippen LogP contribution in [0, 0.1) is 0 Å². The molecule has 3 rings (SSSR count). The fraction of sp³-hybridized carbons (Fsp3) is 0.583. The van der Waals surface area contributed by atoms with Gasteiger partial charge in [-0.05, 0) is 19.3 Å². The van der Waals surface area contributed by atoms with Crippen molar-refractivity contribution in [1.82, 2.24) is 19.5 Å². The van der Waals surface area contributed by atoms with Crippen LogP contribution in [0.15, 0.2) is 11.5 Å². The van der Waals surface area contributed by atoms with Crippen molar-refractivity contribution in [3.63, 3.8) is 0 Å². The third-order valence-corrected chi connectivity index (χ3v) is 4.28. The number of hydrogen-bond acceptors (Lipinski definition) is 7. The molecule has 1 unspecified atom stereocenters. The van der Waals surface area contributed by atoms with Gasteiger partial charge in [-0.15, -0.1) is 0 Å². The van der Waals surface area contributed by atoms with Crippen LogP contribution in [0.4, 0.5) is 5.82 Å². The van der Waals surface area contributed by atoms with Gasteiger partial charge < -0.3 is 10.1 Å². The molecule has 1 fully saturated rings. The maximum absolute atomic E-state index is 11.7. The van der Waals surface area contributed by atoms with Gasteiger partial charge in [0.2, 0.25) is 9.84 Å². The summed E-state index contributed by atoms with van der Waals surface area (Å²) in [4.78, 5) is 12.5. The monoisotopic (exact) mass is 311 g/mol. The lowest BCUT2D eigenvalue weighted by atomic mass is 10.2. The summed E-state index contributed by atoms with van der Waals surface area (Å²) in [6, 6.07) is 0. The van der Waals surface area contributed by atoms with Gasteiger partial charge in [-0.3, -0.25) is 4.57 Å². The molecule has 21 heavy (non-hydrogen) atoms. The Hall–Kier alpha value is -1.74. The fourth-order valence-electron chi connectivity index (χ4n) is 2.39. The Morgan fingerprint density at radius 2 is 2.19 bits per heavy atom. The van der Waals surface area contributed by atoms with E-state index >= 15 is 0 Å². The zero-order chi connectivity index (χ0) is 15.0. The molecule has 1 aliphatic heterocycles. The van der Waals surface area contributed by atoms with Crippen LogP contribution in [0.1, 0.15) is 25.5 Å². The van der Waals surface area contributed by atoms with Gasteiger partial charge in [0, 0.05) is 19.9 Å². The quantitative estimate of drug-likeness (QED) is 0.843. The molecule has 9 heteroatoms. The summed E-state index contributed by atoms with van der Waals surface area (Å²) in [5.74, 6) is 0.398. The summed E-state index contributed by atoms with van der Waals surface area (Å²) in [6.45, 7) is 0.688. The van der Waals surface area contributed by atoms with E-state index in [1.165, 1.54) is 0 Å². The summed E-state index contributed by atoms with van der Waals surface area (Å²) in [7, 11) is -1.83. The predicted molar refractivity (Wildman–Crippen MR) is 76.8 cm³/mol. The van der Waals surface area contributed by atoms with E-state index in [-0.39, 0.29) is 11.4 Å². The predicted octanol–water partition coefficient (Wildman–Crippen LogP) is 0.971. The van der Waals surface area contributed by atoms with Crippen molar-refractivity contribution in [3.05, 3.63) is 6.33 Å². The van der Waals surface area contributed by atoms with Crippen LogP contribution >= 0.6 is 0 Å². The molecule has 0 aliphatic carbocycles. The van der Waals surface area contributed by atoms with Crippen molar-refractivity contribution in [2.45, 2.75) is 30.6 Å². The number of nitrogens with zero attached hydrogens (tertiary/aromatic N) is 4. The van der Waals surface area contributed by atoms with E-state index in [1.54, 1.807) is 17.9 Å². The van der Waals surface area contributed by atoms with Gasteiger partial charge in [-0.25, -0.2) is 13.4 Å². The number of fused-ring (bicyclic) bond motifs is 1. The molecule has 0 spiro atoms. The molecule has 0 amide bonds. The standard InChI is InChI=1S/C12H17N5O3S/c1-13-10-9-11(16-12(15-10)21(2,18)19)17(7-14-9)8-5-3-4-6-20-8/h7-8H,3-6H2,1-2H3,(H,13,15,16). The zero-order valence-corrected chi connectivity index (χ0v) is 12.7. The number of aromatic nitrogens is 4. The number of rotatable bonds is 3. The summed E-state index contributed by atoms with van der Waals surface area (Å²) >= 11 is 0.